The molecule has 1 aliphatic heterocycles. The zero-order valence-electron chi connectivity index (χ0n) is 11.0. The lowest BCUT2D eigenvalue weighted by Gasteiger charge is -2.31. The van der Waals surface area contributed by atoms with Crippen LogP contribution in [0.5, 0.6) is 0 Å². The van der Waals surface area contributed by atoms with Crippen molar-refractivity contribution < 1.29 is 8.42 Å². The summed E-state index contributed by atoms with van der Waals surface area (Å²) in [7, 11) is -3.48. The highest BCUT2D eigenvalue weighted by atomic mass is 79.9. The number of hydrogen-bond acceptors (Lipinski definition) is 2. The Morgan fingerprint density at radius 3 is 2.63 bits per heavy atom. The highest BCUT2D eigenvalue weighted by Gasteiger charge is 2.41. The minimum absolute atomic E-state index is 0.305. The van der Waals surface area contributed by atoms with Crippen molar-refractivity contribution in [2.24, 2.45) is 0 Å². The molecule has 106 valence electrons. The van der Waals surface area contributed by atoms with Gasteiger partial charge in [-0.3, -0.25) is 0 Å². The molecule has 1 aromatic rings. The quantitative estimate of drug-likeness (QED) is 0.764. The Balaban J connectivity index is 2.51. The van der Waals surface area contributed by atoms with Crippen LogP contribution in [-0.4, -0.2) is 24.8 Å². The van der Waals surface area contributed by atoms with Gasteiger partial charge in [0.15, 0.2) is 0 Å². The third kappa shape index (κ3) is 2.84. The summed E-state index contributed by atoms with van der Waals surface area (Å²) in [5.41, 5.74) is 0.482. The van der Waals surface area contributed by atoms with Crippen molar-refractivity contribution in [3.63, 3.8) is 0 Å². The van der Waals surface area contributed by atoms with Crippen LogP contribution in [0.2, 0.25) is 0 Å². The Morgan fingerprint density at radius 2 is 2.11 bits per heavy atom. The summed E-state index contributed by atoms with van der Waals surface area (Å²) in [5, 5.41) is 0. The zero-order valence-corrected chi connectivity index (χ0v) is 14.1. The number of alkyl halides is 1. The first-order valence-corrected chi connectivity index (χ1v) is 8.93. The van der Waals surface area contributed by atoms with E-state index in [-0.39, 0.29) is 5.54 Å². The van der Waals surface area contributed by atoms with Crippen LogP contribution in [0, 0.1) is 0 Å². The van der Waals surface area contributed by atoms with Crippen LogP contribution in [0.15, 0.2) is 27.6 Å². The number of benzene rings is 1. The number of rotatable bonds is 3. The predicted octanol–water partition coefficient (Wildman–Crippen LogP) is 3.75. The number of hydrogen-bond donors (Lipinski definition) is 0. The maximum atomic E-state index is 12.8. The summed E-state index contributed by atoms with van der Waals surface area (Å²) in [4.78, 5) is 0.306. The number of nitrogens with zero attached hydrogens (tertiary/aromatic N) is 1. The molecule has 1 saturated heterocycles. The van der Waals surface area contributed by atoms with Gasteiger partial charge in [0, 0.05) is 22.4 Å². The van der Waals surface area contributed by atoms with Gasteiger partial charge in [0.2, 0.25) is 10.0 Å². The minimum Gasteiger partial charge on any atom is -0.207 e. The Hall–Kier alpha value is -0.100. The van der Waals surface area contributed by atoms with E-state index in [4.69, 9.17) is 11.6 Å². The maximum Gasteiger partial charge on any atom is 0.244 e. The molecule has 0 radical (unpaired) electrons. The van der Waals surface area contributed by atoms with Crippen molar-refractivity contribution in [2.75, 3.05) is 6.54 Å². The van der Waals surface area contributed by atoms with Gasteiger partial charge in [0.05, 0.1) is 4.90 Å². The van der Waals surface area contributed by atoms with E-state index in [1.807, 2.05) is 19.9 Å². The lowest BCUT2D eigenvalue weighted by atomic mass is 10.0. The molecule has 0 unspecified atom stereocenters. The Labute approximate surface area is 128 Å². The molecule has 2 rings (SSSR count). The molecular formula is C13H17BrClNO2S. The molecule has 0 N–H and O–H groups in total. The van der Waals surface area contributed by atoms with Gasteiger partial charge in [-0.15, -0.1) is 11.6 Å². The average molecular weight is 367 g/mol. The fourth-order valence-electron chi connectivity index (χ4n) is 2.48. The third-order valence-electron chi connectivity index (χ3n) is 3.54. The molecular weight excluding hydrogens is 350 g/mol. The lowest BCUT2D eigenvalue weighted by molar-refractivity contribution is 0.291. The van der Waals surface area contributed by atoms with Crippen molar-refractivity contribution in [3.8, 4) is 0 Å². The Bertz CT molecular complexity index is 586. The normalized spacial score (nSPS) is 19.8. The van der Waals surface area contributed by atoms with E-state index in [0.717, 1.165) is 18.4 Å². The van der Waals surface area contributed by atoms with E-state index in [1.54, 1.807) is 16.4 Å². The standard InChI is InChI=1S/C13H17BrClNO2S/c1-13(2)6-3-7-16(13)19(17,18)12-8-10(9-15)4-5-11(12)14/h4-5,8H,3,6-7,9H2,1-2H3. The molecule has 0 aliphatic carbocycles. The van der Waals surface area contributed by atoms with E-state index >= 15 is 0 Å². The van der Waals surface area contributed by atoms with Gasteiger partial charge in [0.25, 0.3) is 0 Å². The second-order valence-corrected chi connectivity index (χ2v) is 8.34. The average Bonchev–Trinajstić information content (AvgIpc) is 2.70. The second kappa shape index (κ2) is 5.35. The second-order valence-electron chi connectivity index (χ2n) is 5.39. The number of sulfonamides is 1. The van der Waals surface area contributed by atoms with Gasteiger partial charge in [-0.25, -0.2) is 8.42 Å². The van der Waals surface area contributed by atoms with Gasteiger partial charge in [-0.2, -0.15) is 4.31 Å². The molecule has 0 amide bonds. The van der Waals surface area contributed by atoms with Crippen molar-refractivity contribution >= 4 is 37.6 Å². The van der Waals surface area contributed by atoms with E-state index in [9.17, 15) is 8.42 Å². The minimum atomic E-state index is -3.48. The first-order valence-electron chi connectivity index (χ1n) is 6.16. The molecule has 19 heavy (non-hydrogen) atoms. The Kier molecular flexibility index (Phi) is 4.31. The van der Waals surface area contributed by atoms with Crippen LogP contribution in [0.3, 0.4) is 0 Å². The van der Waals surface area contributed by atoms with Crippen LogP contribution < -0.4 is 0 Å². The van der Waals surface area contributed by atoms with E-state index < -0.39 is 10.0 Å². The molecule has 1 heterocycles. The van der Waals surface area contributed by atoms with Gasteiger partial charge in [-0.1, -0.05) is 6.07 Å². The van der Waals surface area contributed by atoms with Crippen LogP contribution in [-0.2, 0) is 15.9 Å². The first-order chi connectivity index (χ1) is 8.79. The van der Waals surface area contributed by atoms with Crippen molar-refractivity contribution in [2.45, 2.75) is 43.0 Å². The largest absolute Gasteiger partial charge is 0.244 e. The van der Waals surface area contributed by atoms with Crippen molar-refractivity contribution in [3.05, 3.63) is 28.2 Å². The van der Waals surface area contributed by atoms with E-state index in [0.29, 0.717) is 21.8 Å². The summed E-state index contributed by atoms with van der Waals surface area (Å²) in [6.07, 6.45) is 1.79. The molecule has 0 bridgehead atoms. The zero-order chi connectivity index (χ0) is 14.3. The lowest BCUT2D eigenvalue weighted by Crippen LogP contribution is -2.42. The van der Waals surface area contributed by atoms with Crippen LogP contribution >= 0.6 is 27.5 Å². The van der Waals surface area contributed by atoms with Crippen molar-refractivity contribution in [1.82, 2.24) is 4.31 Å². The van der Waals surface area contributed by atoms with E-state index in [2.05, 4.69) is 15.9 Å². The molecule has 0 aromatic heterocycles. The fraction of sp³-hybridized carbons (Fsp3) is 0.538. The fourth-order valence-corrected chi connectivity index (χ4v) is 5.47. The summed E-state index contributed by atoms with van der Waals surface area (Å²) in [6, 6.07) is 5.22. The first kappa shape index (κ1) is 15.3. The summed E-state index contributed by atoms with van der Waals surface area (Å²) >= 11 is 9.12. The summed E-state index contributed by atoms with van der Waals surface area (Å²) in [6.45, 7) is 4.51. The summed E-state index contributed by atoms with van der Waals surface area (Å²) in [5.74, 6) is 0.305. The van der Waals surface area contributed by atoms with E-state index in [1.165, 1.54) is 0 Å². The highest BCUT2D eigenvalue weighted by Crippen LogP contribution is 2.36. The van der Waals surface area contributed by atoms with Crippen LogP contribution in [0.25, 0.3) is 0 Å². The topological polar surface area (TPSA) is 37.4 Å². The van der Waals surface area contributed by atoms with Gasteiger partial charge in [-0.05, 0) is 60.3 Å². The molecule has 1 aromatic carbocycles. The van der Waals surface area contributed by atoms with Gasteiger partial charge < -0.3 is 0 Å². The van der Waals surface area contributed by atoms with Crippen LogP contribution in [0.1, 0.15) is 32.3 Å². The number of halogens is 2. The monoisotopic (exact) mass is 365 g/mol. The molecule has 0 saturated carbocycles. The molecule has 3 nitrogen and oxygen atoms in total. The van der Waals surface area contributed by atoms with Crippen molar-refractivity contribution in [1.29, 1.82) is 0 Å². The van der Waals surface area contributed by atoms with Gasteiger partial charge in [0.1, 0.15) is 0 Å². The smallest absolute Gasteiger partial charge is 0.207 e. The predicted molar refractivity (Wildman–Crippen MR) is 80.9 cm³/mol. The molecule has 0 spiro atoms. The molecule has 1 aliphatic rings. The molecule has 6 heteroatoms. The molecule has 1 fully saturated rings. The maximum absolute atomic E-state index is 12.8. The third-order valence-corrected chi connectivity index (χ3v) is 6.96. The van der Waals surface area contributed by atoms with Crippen LogP contribution in [0.4, 0.5) is 0 Å². The SMILES string of the molecule is CC1(C)CCCN1S(=O)(=O)c1cc(CCl)ccc1Br. The Morgan fingerprint density at radius 1 is 1.42 bits per heavy atom. The van der Waals surface area contributed by atoms with Gasteiger partial charge >= 0.3 is 0 Å². The highest BCUT2D eigenvalue weighted by molar-refractivity contribution is 9.10. The molecule has 0 atom stereocenters. The summed E-state index contributed by atoms with van der Waals surface area (Å²) < 4.78 is 27.8.